The van der Waals surface area contributed by atoms with E-state index in [4.69, 9.17) is 29.7 Å². The molecule has 2 rings (SSSR count). The Balaban J connectivity index is 2.35. The van der Waals surface area contributed by atoms with Crippen molar-refractivity contribution in [2.75, 3.05) is 6.54 Å². The van der Waals surface area contributed by atoms with Gasteiger partial charge in [0.1, 0.15) is 0 Å². The first-order valence-electron chi connectivity index (χ1n) is 7.21. The van der Waals surface area contributed by atoms with Crippen molar-refractivity contribution in [2.45, 2.75) is 63.3 Å². The molecule has 0 amide bonds. The van der Waals surface area contributed by atoms with Crippen LogP contribution in [-0.2, 0) is 28.8 Å². The first-order chi connectivity index (χ1) is 9.55. The zero-order chi connectivity index (χ0) is 14.9. The van der Waals surface area contributed by atoms with Crippen molar-refractivity contribution in [3.63, 3.8) is 0 Å². The molecule has 2 fully saturated rings. The molecule has 0 aliphatic carbocycles. The summed E-state index contributed by atoms with van der Waals surface area (Å²) in [5.74, 6) is -0.285. The van der Waals surface area contributed by atoms with Crippen molar-refractivity contribution >= 4 is 14.3 Å². The average molecular weight is 305 g/mol. The molecule has 0 aromatic carbocycles. The largest absolute Gasteiger partial charge is 0.507 e. The minimum absolute atomic E-state index is 0.285. The molecule has 0 aromatic heterocycles. The molecule has 2 aliphatic rings. The molecule has 2 saturated heterocycles. The standard InChI is InChI=1S/C12H23NO6Si/c1-4-10(14)15-20(9-7-8-13,11(5-2)16-17-11)12(6-3)18-19-12/h4-9,13H2,1-3H3. The molecule has 0 atom stereocenters. The normalized spacial score (nSPS) is 22.4. The summed E-state index contributed by atoms with van der Waals surface area (Å²) < 4.78 is 5.87. The lowest BCUT2D eigenvalue weighted by molar-refractivity contribution is -0.135. The van der Waals surface area contributed by atoms with E-state index in [1.807, 2.05) is 13.8 Å². The predicted octanol–water partition coefficient (Wildman–Crippen LogP) is 1.45. The molecule has 8 heteroatoms. The van der Waals surface area contributed by atoms with Crippen LogP contribution in [0.3, 0.4) is 0 Å². The first-order valence-corrected chi connectivity index (χ1v) is 9.32. The molecule has 0 aromatic rings. The van der Waals surface area contributed by atoms with E-state index < -0.39 is 19.1 Å². The number of carbonyl (C=O) groups is 1. The topological polar surface area (TPSA) is 102 Å². The third kappa shape index (κ3) is 2.30. The highest BCUT2D eigenvalue weighted by Gasteiger charge is 2.84. The third-order valence-electron chi connectivity index (χ3n) is 4.04. The summed E-state index contributed by atoms with van der Waals surface area (Å²) in [5, 5.41) is 0. The van der Waals surface area contributed by atoms with E-state index in [9.17, 15) is 4.79 Å². The lowest BCUT2D eigenvalue weighted by atomic mass is 10.5. The molecule has 20 heavy (non-hydrogen) atoms. The Morgan fingerprint density at radius 3 is 1.90 bits per heavy atom. The molecule has 0 spiro atoms. The van der Waals surface area contributed by atoms with Gasteiger partial charge in [-0.2, -0.15) is 19.6 Å². The summed E-state index contributed by atoms with van der Waals surface area (Å²) in [7, 11) is -2.95. The van der Waals surface area contributed by atoms with Crippen LogP contribution in [0.25, 0.3) is 0 Å². The molecule has 2 heterocycles. The highest BCUT2D eigenvalue weighted by molar-refractivity contribution is 6.80. The van der Waals surface area contributed by atoms with Gasteiger partial charge in [-0.05, 0) is 19.0 Å². The quantitative estimate of drug-likeness (QED) is 0.390. The molecule has 0 saturated carbocycles. The minimum Gasteiger partial charge on any atom is -0.507 e. The predicted molar refractivity (Wildman–Crippen MR) is 71.0 cm³/mol. The van der Waals surface area contributed by atoms with Gasteiger partial charge in [-0.25, -0.2) is 0 Å². The monoisotopic (exact) mass is 305 g/mol. The maximum absolute atomic E-state index is 11.9. The molecule has 7 nitrogen and oxygen atoms in total. The smallest absolute Gasteiger partial charge is 0.391 e. The number of carbonyl (C=O) groups excluding carboxylic acids is 1. The maximum Gasteiger partial charge on any atom is 0.391 e. The van der Waals surface area contributed by atoms with E-state index in [1.165, 1.54) is 0 Å². The zero-order valence-corrected chi connectivity index (χ0v) is 13.3. The van der Waals surface area contributed by atoms with Crippen LogP contribution in [0.1, 0.15) is 46.5 Å². The van der Waals surface area contributed by atoms with Crippen LogP contribution in [-0.4, -0.2) is 31.7 Å². The lowest BCUT2D eigenvalue weighted by Crippen LogP contribution is -2.65. The van der Waals surface area contributed by atoms with Crippen molar-refractivity contribution in [1.29, 1.82) is 0 Å². The highest BCUT2D eigenvalue weighted by Crippen LogP contribution is 2.57. The van der Waals surface area contributed by atoms with Crippen molar-refractivity contribution in [1.82, 2.24) is 0 Å². The second-order valence-electron chi connectivity index (χ2n) is 5.09. The zero-order valence-electron chi connectivity index (χ0n) is 12.3. The Labute approximate surface area is 119 Å². The molecular weight excluding hydrogens is 282 g/mol. The van der Waals surface area contributed by atoms with Gasteiger partial charge in [0.05, 0.1) is 0 Å². The number of nitrogens with two attached hydrogens (primary N) is 1. The second-order valence-corrected chi connectivity index (χ2v) is 8.97. The van der Waals surface area contributed by atoms with Gasteiger partial charge in [0.2, 0.25) is 0 Å². The number of hydrogen-bond acceptors (Lipinski definition) is 7. The Kier molecular flexibility index (Phi) is 4.52. The van der Waals surface area contributed by atoms with Crippen molar-refractivity contribution in [3.8, 4) is 0 Å². The van der Waals surface area contributed by atoms with Gasteiger partial charge in [0.25, 0.3) is 16.8 Å². The van der Waals surface area contributed by atoms with Crippen LogP contribution in [0.5, 0.6) is 0 Å². The van der Waals surface area contributed by atoms with E-state index in [-0.39, 0.29) is 12.4 Å². The fraction of sp³-hybridized carbons (Fsp3) is 0.917. The van der Waals surface area contributed by atoms with E-state index in [1.54, 1.807) is 6.92 Å². The van der Waals surface area contributed by atoms with Crippen LogP contribution >= 0.6 is 0 Å². The molecule has 2 aliphatic heterocycles. The average Bonchev–Trinajstić information content (AvgIpc) is 3.37. The number of rotatable bonds is 9. The van der Waals surface area contributed by atoms with Crippen molar-refractivity contribution in [3.05, 3.63) is 0 Å². The van der Waals surface area contributed by atoms with Crippen LogP contribution in [0.2, 0.25) is 6.04 Å². The fourth-order valence-corrected chi connectivity index (χ4v) is 7.43. The lowest BCUT2D eigenvalue weighted by Gasteiger charge is -2.34. The summed E-state index contributed by atoms with van der Waals surface area (Å²) in [4.78, 5) is 33.0. The van der Waals surface area contributed by atoms with Crippen molar-refractivity contribution < 1.29 is 28.8 Å². The first kappa shape index (κ1) is 15.9. The molecule has 116 valence electrons. The Bertz CT molecular complexity index is 349. The van der Waals surface area contributed by atoms with Gasteiger partial charge in [0, 0.05) is 19.3 Å². The van der Waals surface area contributed by atoms with Gasteiger partial charge in [0.15, 0.2) is 0 Å². The van der Waals surface area contributed by atoms with Gasteiger partial charge in [-0.1, -0.05) is 20.8 Å². The summed E-state index contributed by atoms with van der Waals surface area (Å²) in [6, 6.07) is 0.594. The highest BCUT2D eigenvalue weighted by atomic mass is 28.4. The molecular formula is C12H23NO6Si. The van der Waals surface area contributed by atoms with E-state index >= 15 is 0 Å². The Hall–Kier alpha value is -0.513. The fourth-order valence-electron chi connectivity index (χ4n) is 2.67. The van der Waals surface area contributed by atoms with E-state index in [0.29, 0.717) is 31.9 Å². The summed E-state index contributed by atoms with van der Waals surface area (Å²) in [6.07, 6.45) is 2.15. The third-order valence-corrected chi connectivity index (χ3v) is 9.18. The van der Waals surface area contributed by atoms with Gasteiger partial charge < -0.3 is 10.2 Å². The molecule has 0 radical (unpaired) electrons. The molecule has 0 unspecified atom stereocenters. The van der Waals surface area contributed by atoms with Crippen LogP contribution in [0, 0.1) is 0 Å². The SMILES string of the molecule is CCC(=O)O[Si](CCCN)(C1(CC)OO1)C1(CC)OO1. The molecule has 2 N–H and O–H groups in total. The molecule has 0 bridgehead atoms. The maximum atomic E-state index is 11.9. The Morgan fingerprint density at radius 2 is 1.60 bits per heavy atom. The Morgan fingerprint density at radius 1 is 1.10 bits per heavy atom. The van der Waals surface area contributed by atoms with Crippen LogP contribution in [0.4, 0.5) is 0 Å². The minimum atomic E-state index is -2.95. The summed E-state index contributed by atoms with van der Waals surface area (Å²) >= 11 is 0. The van der Waals surface area contributed by atoms with Crippen LogP contribution < -0.4 is 5.73 Å². The van der Waals surface area contributed by atoms with Crippen LogP contribution in [0.15, 0.2) is 0 Å². The summed E-state index contributed by atoms with van der Waals surface area (Å²) in [6.45, 7) is 6.12. The van der Waals surface area contributed by atoms with E-state index in [0.717, 1.165) is 0 Å². The van der Waals surface area contributed by atoms with Crippen molar-refractivity contribution in [2.24, 2.45) is 5.73 Å². The summed E-state index contributed by atoms with van der Waals surface area (Å²) in [5.41, 5.74) is 3.88. The van der Waals surface area contributed by atoms with Gasteiger partial charge >= 0.3 is 8.32 Å². The van der Waals surface area contributed by atoms with E-state index in [2.05, 4.69) is 0 Å². The second kappa shape index (κ2) is 5.70. The van der Waals surface area contributed by atoms with Gasteiger partial charge in [-0.15, -0.1) is 0 Å². The number of hydrogen-bond donors (Lipinski definition) is 1. The van der Waals surface area contributed by atoms with Gasteiger partial charge in [-0.3, -0.25) is 4.79 Å².